The molecule has 0 bridgehead atoms. The van der Waals surface area contributed by atoms with Crippen LogP contribution in [-0.4, -0.2) is 49.7 Å². The summed E-state index contributed by atoms with van der Waals surface area (Å²) in [5.41, 5.74) is 2.76. The van der Waals surface area contributed by atoms with Crippen molar-refractivity contribution in [1.29, 1.82) is 0 Å². The van der Waals surface area contributed by atoms with Crippen molar-refractivity contribution in [2.45, 2.75) is 19.4 Å². The number of aromatic amines is 1. The topological polar surface area (TPSA) is 116 Å². The second-order valence-corrected chi connectivity index (χ2v) is 9.07. The Morgan fingerprint density at radius 1 is 1.27 bits per heavy atom. The molecule has 0 saturated carbocycles. The van der Waals surface area contributed by atoms with Crippen molar-refractivity contribution < 1.29 is 18.3 Å². The van der Waals surface area contributed by atoms with Crippen LogP contribution in [0.1, 0.15) is 24.3 Å². The highest BCUT2D eigenvalue weighted by molar-refractivity contribution is 7.92. The minimum Gasteiger partial charge on any atom is -0.492 e. The fraction of sp³-hybridized carbons (Fsp3) is 0.350. The van der Waals surface area contributed by atoms with Crippen molar-refractivity contribution in [3.8, 4) is 5.75 Å². The maximum atomic E-state index is 11.4. The molecule has 4 N–H and O–H groups in total. The van der Waals surface area contributed by atoms with Crippen molar-refractivity contribution in [3.63, 3.8) is 0 Å². The summed E-state index contributed by atoms with van der Waals surface area (Å²) in [5.74, 6) is 0.741. The number of fused-ring (bicyclic) bond motifs is 1. The van der Waals surface area contributed by atoms with Gasteiger partial charge in [0, 0.05) is 24.5 Å². The second kappa shape index (κ2) is 9.65. The zero-order valence-corrected chi connectivity index (χ0v) is 18.3. The monoisotopic (exact) mass is 452 g/mol. The zero-order chi connectivity index (χ0) is 21.7. The standard InChI is InChI=1S/C20H25ClN4O4S/c1-3-17-15-6-5-14(11-18(15)24-23-17)29-9-8-22-12-20(26)13-4-7-16(21)19(10-13)25-30(2,27)28/h4-7,10-11,20,22,25-26H,3,8-9,12H2,1-2H3,(H,23,24). The van der Waals surface area contributed by atoms with E-state index in [9.17, 15) is 13.5 Å². The number of benzene rings is 2. The molecule has 1 atom stereocenters. The van der Waals surface area contributed by atoms with E-state index in [2.05, 4.69) is 27.2 Å². The summed E-state index contributed by atoms with van der Waals surface area (Å²) in [7, 11) is -3.46. The lowest BCUT2D eigenvalue weighted by atomic mass is 10.1. The molecule has 0 saturated heterocycles. The number of aliphatic hydroxyl groups is 1. The molecule has 1 aromatic heterocycles. The predicted octanol–water partition coefficient (Wildman–Crippen LogP) is 2.85. The zero-order valence-electron chi connectivity index (χ0n) is 16.8. The largest absolute Gasteiger partial charge is 0.492 e. The average molecular weight is 453 g/mol. The molecule has 0 aliphatic carbocycles. The van der Waals surface area contributed by atoms with Gasteiger partial charge in [-0.15, -0.1) is 0 Å². The first-order valence-corrected chi connectivity index (χ1v) is 11.8. The molecule has 3 aromatic rings. The average Bonchev–Trinajstić information content (AvgIpc) is 3.10. The number of hydrogen-bond acceptors (Lipinski definition) is 6. The number of aromatic nitrogens is 2. The summed E-state index contributed by atoms with van der Waals surface area (Å²) in [4.78, 5) is 0. The Labute approximate surface area is 180 Å². The second-order valence-electron chi connectivity index (χ2n) is 6.91. The van der Waals surface area contributed by atoms with E-state index in [0.717, 1.165) is 35.0 Å². The molecule has 1 unspecified atom stereocenters. The smallest absolute Gasteiger partial charge is 0.229 e. The normalized spacial score (nSPS) is 12.8. The third-order valence-corrected chi connectivity index (χ3v) is 5.42. The minimum absolute atomic E-state index is 0.236. The van der Waals surface area contributed by atoms with Gasteiger partial charge in [-0.3, -0.25) is 9.82 Å². The van der Waals surface area contributed by atoms with Crippen LogP contribution in [0, 0.1) is 0 Å². The molecule has 0 radical (unpaired) electrons. The van der Waals surface area contributed by atoms with Gasteiger partial charge in [0.1, 0.15) is 12.4 Å². The SMILES string of the molecule is CCc1n[nH]c2cc(OCCNCC(O)c3ccc(Cl)c(NS(C)(=O)=O)c3)ccc12. The highest BCUT2D eigenvalue weighted by atomic mass is 35.5. The van der Waals surface area contributed by atoms with Gasteiger partial charge in [-0.25, -0.2) is 8.42 Å². The van der Waals surface area contributed by atoms with E-state index in [1.165, 1.54) is 6.07 Å². The molecule has 2 aromatic carbocycles. The number of rotatable bonds is 10. The third-order valence-electron chi connectivity index (χ3n) is 4.50. The van der Waals surface area contributed by atoms with Gasteiger partial charge in [-0.1, -0.05) is 24.6 Å². The maximum absolute atomic E-state index is 11.4. The Hall–Kier alpha value is -2.33. The third kappa shape index (κ3) is 5.85. The van der Waals surface area contributed by atoms with Crippen molar-refractivity contribution in [1.82, 2.24) is 15.5 Å². The highest BCUT2D eigenvalue weighted by Crippen LogP contribution is 2.26. The van der Waals surface area contributed by atoms with Gasteiger partial charge in [0.25, 0.3) is 0 Å². The van der Waals surface area contributed by atoms with Gasteiger partial charge < -0.3 is 15.2 Å². The number of anilines is 1. The van der Waals surface area contributed by atoms with E-state index in [0.29, 0.717) is 18.7 Å². The fourth-order valence-corrected chi connectivity index (χ4v) is 3.83. The van der Waals surface area contributed by atoms with E-state index in [-0.39, 0.29) is 17.3 Å². The van der Waals surface area contributed by atoms with E-state index in [4.69, 9.17) is 16.3 Å². The minimum atomic E-state index is -3.46. The van der Waals surface area contributed by atoms with Crippen molar-refractivity contribution in [2.75, 3.05) is 30.7 Å². The summed E-state index contributed by atoms with van der Waals surface area (Å²) in [5, 5.41) is 22.1. The Balaban J connectivity index is 1.48. The number of aryl methyl sites for hydroxylation is 1. The van der Waals surface area contributed by atoms with Crippen molar-refractivity contribution >= 4 is 38.2 Å². The lowest BCUT2D eigenvalue weighted by molar-refractivity contribution is 0.172. The van der Waals surface area contributed by atoms with Crippen LogP contribution in [0.2, 0.25) is 5.02 Å². The molecule has 162 valence electrons. The van der Waals surface area contributed by atoms with Crippen LogP contribution >= 0.6 is 11.6 Å². The van der Waals surface area contributed by atoms with Crippen molar-refractivity contribution in [2.24, 2.45) is 0 Å². The van der Waals surface area contributed by atoms with Gasteiger partial charge in [0.15, 0.2) is 0 Å². The van der Waals surface area contributed by atoms with Gasteiger partial charge in [-0.05, 0) is 36.2 Å². The first-order chi connectivity index (χ1) is 14.3. The van der Waals surface area contributed by atoms with Crippen LogP contribution in [0.3, 0.4) is 0 Å². The quantitative estimate of drug-likeness (QED) is 0.351. The predicted molar refractivity (Wildman–Crippen MR) is 119 cm³/mol. The number of aliphatic hydroxyl groups excluding tert-OH is 1. The Morgan fingerprint density at radius 3 is 2.80 bits per heavy atom. The Morgan fingerprint density at radius 2 is 2.07 bits per heavy atom. The number of hydrogen-bond donors (Lipinski definition) is 4. The number of nitrogens with one attached hydrogen (secondary N) is 3. The molecule has 0 aliphatic heterocycles. The van der Waals surface area contributed by atoms with Gasteiger partial charge in [0.05, 0.1) is 34.3 Å². The first kappa shape index (κ1) is 22.4. The van der Waals surface area contributed by atoms with E-state index in [1.807, 2.05) is 18.2 Å². The van der Waals surface area contributed by atoms with Gasteiger partial charge in [-0.2, -0.15) is 5.10 Å². The maximum Gasteiger partial charge on any atom is 0.229 e. The van der Waals surface area contributed by atoms with Crippen LogP contribution in [-0.2, 0) is 16.4 Å². The molecule has 10 heteroatoms. The Kier molecular flexibility index (Phi) is 7.19. The molecule has 0 amide bonds. The highest BCUT2D eigenvalue weighted by Gasteiger charge is 2.12. The summed E-state index contributed by atoms with van der Waals surface area (Å²) in [6.07, 6.45) is 1.09. The number of H-pyrrole nitrogens is 1. The van der Waals surface area contributed by atoms with E-state index >= 15 is 0 Å². The molecular formula is C20H25ClN4O4S. The number of nitrogens with zero attached hydrogens (tertiary/aromatic N) is 1. The Bertz CT molecular complexity index is 1120. The van der Waals surface area contributed by atoms with Crippen LogP contribution in [0.5, 0.6) is 5.75 Å². The van der Waals surface area contributed by atoms with Crippen molar-refractivity contribution in [3.05, 3.63) is 52.7 Å². The van der Waals surface area contributed by atoms with E-state index in [1.54, 1.807) is 12.1 Å². The van der Waals surface area contributed by atoms with Crippen LogP contribution in [0.15, 0.2) is 36.4 Å². The van der Waals surface area contributed by atoms with Crippen LogP contribution in [0.4, 0.5) is 5.69 Å². The molecule has 1 heterocycles. The molecule has 0 fully saturated rings. The molecule has 3 rings (SSSR count). The van der Waals surface area contributed by atoms with Crippen LogP contribution < -0.4 is 14.8 Å². The lowest BCUT2D eigenvalue weighted by Gasteiger charge is -2.15. The van der Waals surface area contributed by atoms with Gasteiger partial charge in [0.2, 0.25) is 10.0 Å². The lowest BCUT2D eigenvalue weighted by Crippen LogP contribution is -2.26. The summed E-state index contributed by atoms with van der Waals surface area (Å²) in [6.45, 7) is 3.30. The number of halogens is 1. The molecule has 0 spiro atoms. The summed E-state index contributed by atoms with van der Waals surface area (Å²) < 4.78 is 30.9. The number of sulfonamides is 1. The molecule has 8 nitrogen and oxygen atoms in total. The molecule has 0 aliphatic rings. The fourth-order valence-electron chi connectivity index (χ4n) is 3.04. The molecular weight excluding hydrogens is 428 g/mol. The molecule has 30 heavy (non-hydrogen) atoms. The van der Waals surface area contributed by atoms with Gasteiger partial charge >= 0.3 is 0 Å². The number of ether oxygens (including phenoxy) is 1. The summed E-state index contributed by atoms with van der Waals surface area (Å²) in [6, 6.07) is 10.6. The summed E-state index contributed by atoms with van der Waals surface area (Å²) >= 11 is 6.01. The first-order valence-electron chi connectivity index (χ1n) is 9.52. The van der Waals surface area contributed by atoms with Crippen LogP contribution in [0.25, 0.3) is 10.9 Å². The van der Waals surface area contributed by atoms with E-state index < -0.39 is 16.1 Å².